The first-order chi connectivity index (χ1) is 13.6. The molecule has 8 heteroatoms. The smallest absolute Gasteiger partial charge is 0.258 e. The number of amides is 2. The van der Waals surface area contributed by atoms with E-state index in [0.29, 0.717) is 17.2 Å². The van der Waals surface area contributed by atoms with E-state index in [1.807, 2.05) is 48.5 Å². The molecule has 8 nitrogen and oxygen atoms in total. The normalized spacial score (nSPS) is 13.7. The lowest BCUT2D eigenvalue weighted by Gasteiger charge is -2.31. The largest absolute Gasteiger partial charge is 0.370 e. The second-order valence-corrected chi connectivity index (χ2v) is 5.90. The van der Waals surface area contributed by atoms with Crippen molar-refractivity contribution in [3.05, 3.63) is 101 Å². The summed E-state index contributed by atoms with van der Waals surface area (Å²) in [5.74, 6) is 0.349. The lowest BCUT2D eigenvalue weighted by molar-refractivity contribution is -0.384. The molecular formula is C20H14N5O3. The van der Waals surface area contributed by atoms with E-state index in [1.54, 1.807) is 12.1 Å². The number of non-ortho nitro benzene ring substituents is 1. The van der Waals surface area contributed by atoms with E-state index < -0.39 is 11.0 Å². The van der Waals surface area contributed by atoms with Crippen LogP contribution in [-0.4, -0.2) is 16.8 Å². The second-order valence-electron chi connectivity index (χ2n) is 5.90. The Morgan fingerprint density at radius 3 is 1.93 bits per heavy atom. The van der Waals surface area contributed by atoms with Gasteiger partial charge in [0.05, 0.1) is 16.3 Å². The first-order valence-electron chi connectivity index (χ1n) is 8.43. The molecule has 0 aliphatic carbocycles. The number of benzene rings is 3. The highest BCUT2D eigenvalue weighted by Gasteiger charge is 2.32. The number of hydrazone groups is 1. The predicted molar refractivity (Wildman–Crippen MR) is 105 cm³/mol. The highest BCUT2D eigenvalue weighted by molar-refractivity contribution is 6.12. The maximum Gasteiger partial charge on any atom is 0.370 e. The topological polar surface area (TPSA) is 93.2 Å². The van der Waals surface area contributed by atoms with Crippen molar-refractivity contribution >= 4 is 28.9 Å². The van der Waals surface area contributed by atoms with Gasteiger partial charge >= 0.3 is 6.03 Å². The molecule has 0 unspecified atom stereocenters. The van der Waals surface area contributed by atoms with Crippen LogP contribution in [0.3, 0.4) is 0 Å². The summed E-state index contributed by atoms with van der Waals surface area (Å²) in [7, 11) is 0. The molecule has 0 atom stereocenters. The molecule has 3 aromatic rings. The molecule has 1 heterocycles. The molecule has 0 aromatic heterocycles. The van der Waals surface area contributed by atoms with Gasteiger partial charge in [-0.1, -0.05) is 48.5 Å². The van der Waals surface area contributed by atoms with Crippen LogP contribution in [0.1, 0.15) is 5.56 Å². The molecule has 0 spiro atoms. The van der Waals surface area contributed by atoms with Crippen molar-refractivity contribution in [2.75, 3.05) is 10.0 Å². The fraction of sp³-hybridized carbons (Fsp3) is 0. The SMILES string of the molecule is O=C1N(c2ccccc2)[N]C(c2ccccc2)=NN1c1ccc([N+](=O)[O-])cc1. The average Bonchev–Trinajstić information content (AvgIpc) is 2.75. The number of hydrogen-bond acceptors (Lipinski definition) is 4. The first-order valence-corrected chi connectivity index (χ1v) is 8.43. The van der Waals surface area contributed by atoms with Crippen LogP contribution in [0.2, 0.25) is 0 Å². The van der Waals surface area contributed by atoms with E-state index in [4.69, 9.17) is 0 Å². The van der Waals surface area contributed by atoms with Gasteiger partial charge in [0.25, 0.3) is 5.69 Å². The van der Waals surface area contributed by atoms with Gasteiger partial charge in [-0.15, -0.1) is 10.5 Å². The van der Waals surface area contributed by atoms with Crippen LogP contribution in [0.5, 0.6) is 0 Å². The maximum atomic E-state index is 13.0. The predicted octanol–water partition coefficient (Wildman–Crippen LogP) is 3.92. The Morgan fingerprint density at radius 2 is 1.32 bits per heavy atom. The molecule has 0 bridgehead atoms. The Kier molecular flexibility index (Phi) is 4.43. The fourth-order valence-corrected chi connectivity index (χ4v) is 2.71. The summed E-state index contributed by atoms with van der Waals surface area (Å²) < 4.78 is 0. The number of para-hydroxylation sites is 1. The lowest BCUT2D eigenvalue weighted by atomic mass is 10.2. The zero-order chi connectivity index (χ0) is 19.5. The average molecular weight is 372 g/mol. The van der Waals surface area contributed by atoms with Gasteiger partial charge in [0.15, 0.2) is 5.84 Å². The number of nitro groups is 1. The monoisotopic (exact) mass is 372 g/mol. The molecule has 2 amide bonds. The zero-order valence-corrected chi connectivity index (χ0v) is 14.5. The van der Waals surface area contributed by atoms with Crippen LogP contribution in [-0.2, 0) is 0 Å². The van der Waals surface area contributed by atoms with Crippen molar-refractivity contribution < 1.29 is 9.72 Å². The molecule has 4 rings (SSSR count). The number of amidine groups is 1. The third-order valence-electron chi connectivity index (χ3n) is 4.09. The Balaban J connectivity index is 1.78. The summed E-state index contributed by atoms with van der Waals surface area (Å²) in [5, 5.41) is 17.7. The number of carbonyl (C=O) groups excluding carboxylic acids is 1. The summed E-state index contributed by atoms with van der Waals surface area (Å²) in [5.41, 5.74) is 6.07. The highest BCUT2D eigenvalue weighted by Crippen LogP contribution is 2.26. The lowest BCUT2D eigenvalue weighted by Crippen LogP contribution is -2.52. The molecule has 0 saturated heterocycles. The van der Waals surface area contributed by atoms with Crippen molar-refractivity contribution in [1.29, 1.82) is 0 Å². The Bertz CT molecular complexity index is 1040. The van der Waals surface area contributed by atoms with Crippen LogP contribution in [0.25, 0.3) is 0 Å². The Morgan fingerprint density at radius 1 is 0.750 bits per heavy atom. The van der Waals surface area contributed by atoms with E-state index in [1.165, 1.54) is 34.3 Å². The standard InChI is InChI=1S/C20H14N5O3/c26-20-23(16-9-5-2-6-10-16)21-19(15-7-3-1-4-8-15)22-24(20)17-11-13-18(14-12-17)25(27)28/h1-14H. The van der Waals surface area contributed by atoms with Gasteiger partial charge in [0.2, 0.25) is 0 Å². The minimum absolute atomic E-state index is 0.0647. The van der Waals surface area contributed by atoms with Gasteiger partial charge in [0, 0.05) is 17.7 Å². The van der Waals surface area contributed by atoms with Gasteiger partial charge in [-0.25, -0.2) is 4.79 Å². The molecule has 0 fully saturated rings. The third kappa shape index (κ3) is 3.26. The zero-order valence-electron chi connectivity index (χ0n) is 14.5. The molecule has 1 radical (unpaired) electrons. The van der Waals surface area contributed by atoms with Crippen LogP contribution in [0, 0.1) is 10.1 Å². The van der Waals surface area contributed by atoms with E-state index in [0.717, 1.165) is 5.56 Å². The second kappa shape index (κ2) is 7.20. The number of hydrogen-bond donors (Lipinski definition) is 0. The molecular weight excluding hydrogens is 358 g/mol. The number of carbonyl (C=O) groups is 1. The summed E-state index contributed by atoms with van der Waals surface area (Å²) in [6.45, 7) is 0. The Hall–Kier alpha value is -4.20. The van der Waals surface area contributed by atoms with Crippen LogP contribution in [0.15, 0.2) is 90.0 Å². The van der Waals surface area contributed by atoms with Crippen molar-refractivity contribution in [3.8, 4) is 0 Å². The van der Waals surface area contributed by atoms with Crippen molar-refractivity contribution in [3.63, 3.8) is 0 Å². The van der Waals surface area contributed by atoms with Gasteiger partial charge in [-0.2, -0.15) is 10.0 Å². The summed E-state index contributed by atoms with van der Waals surface area (Å²) in [6, 6.07) is 23.4. The highest BCUT2D eigenvalue weighted by atomic mass is 16.6. The minimum atomic E-state index is -0.494. The van der Waals surface area contributed by atoms with Crippen LogP contribution in [0.4, 0.5) is 21.9 Å². The third-order valence-corrected chi connectivity index (χ3v) is 4.09. The quantitative estimate of drug-likeness (QED) is 0.513. The number of urea groups is 1. The van der Waals surface area contributed by atoms with Crippen molar-refractivity contribution in [2.45, 2.75) is 0 Å². The molecule has 0 N–H and O–H groups in total. The Labute approximate surface area is 160 Å². The number of nitro benzene ring substituents is 1. The molecule has 0 saturated carbocycles. The van der Waals surface area contributed by atoms with E-state index in [2.05, 4.69) is 10.5 Å². The number of anilines is 2. The van der Waals surface area contributed by atoms with E-state index in [-0.39, 0.29) is 5.69 Å². The van der Waals surface area contributed by atoms with Gasteiger partial charge < -0.3 is 0 Å². The minimum Gasteiger partial charge on any atom is -0.258 e. The number of nitrogens with zero attached hydrogens (tertiary/aromatic N) is 5. The first kappa shape index (κ1) is 17.2. The summed E-state index contributed by atoms with van der Waals surface area (Å²) in [6.07, 6.45) is 0. The summed E-state index contributed by atoms with van der Waals surface area (Å²) in [4.78, 5) is 23.4. The molecule has 3 aromatic carbocycles. The maximum absolute atomic E-state index is 13.0. The van der Waals surface area contributed by atoms with Crippen LogP contribution >= 0.6 is 0 Å². The summed E-state index contributed by atoms with van der Waals surface area (Å²) >= 11 is 0. The molecule has 137 valence electrons. The van der Waals surface area contributed by atoms with Crippen LogP contribution < -0.4 is 15.4 Å². The van der Waals surface area contributed by atoms with E-state index in [9.17, 15) is 14.9 Å². The van der Waals surface area contributed by atoms with Gasteiger partial charge in [-0.05, 0) is 24.3 Å². The fourth-order valence-electron chi connectivity index (χ4n) is 2.71. The molecule has 28 heavy (non-hydrogen) atoms. The van der Waals surface area contributed by atoms with Crippen molar-refractivity contribution in [1.82, 2.24) is 5.43 Å². The van der Waals surface area contributed by atoms with Gasteiger partial charge in [0.1, 0.15) is 0 Å². The van der Waals surface area contributed by atoms with Gasteiger partial charge in [-0.3, -0.25) is 10.1 Å². The molecule has 1 aliphatic heterocycles. The molecule has 1 aliphatic rings. The number of rotatable bonds is 4. The van der Waals surface area contributed by atoms with E-state index >= 15 is 0 Å². The van der Waals surface area contributed by atoms with Crippen molar-refractivity contribution in [2.24, 2.45) is 5.10 Å².